The number of fused-ring (bicyclic) bond motifs is 7. The second-order valence-electron chi connectivity index (χ2n) is 25.5. The van der Waals surface area contributed by atoms with Gasteiger partial charge < -0.3 is 19.4 Å². The van der Waals surface area contributed by atoms with Crippen molar-refractivity contribution in [2.45, 2.75) is 163 Å². The fourth-order valence-electron chi connectivity index (χ4n) is 15.8. The van der Waals surface area contributed by atoms with Gasteiger partial charge in [0.15, 0.2) is 9.84 Å². The molecule has 6 aliphatic carbocycles. The number of nitrogens with zero attached hydrogens (tertiary/aromatic N) is 3. The van der Waals surface area contributed by atoms with Crippen LogP contribution in [-0.2, 0) is 19.1 Å². The van der Waals surface area contributed by atoms with Gasteiger partial charge >= 0.3 is 0 Å². The molecular formula is C55H84N4O5SSi-. The van der Waals surface area contributed by atoms with Gasteiger partial charge in [-0.05, 0) is 152 Å². The second-order valence-corrected chi connectivity index (χ2v) is 32.5. The molecule has 0 bridgehead atoms. The monoisotopic (exact) mass is 941 g/mol. The van der Waals surface area contributed by atoms with Crippen molar-refractivity contribution < 1.29 is 22.4 Å². The van der Waals surface area contributed by atoms with E-state index >= 15 is 0 Å². The van der Waals surface area contributed by atoms with E-state index in [1.165, 1.54) is 68.1 Å². The number of carbonyl (C=O) groups is 1. The largest absolute Gasteiger partial charge is 0.663 e. The standard InChI is InChI=1S/C55H84N4O5SSi/c1-38(2)41-17-25-55(58-29-30-59-31-33-65(61,62)34-32-59)27-26-52(9)43(47(41)55)13-14-45-51(8)21-18-42(50(6,7)44(51)19-22-53(45,52)10)40-15-23-54(24-16-40,48(60)64-66(11,12)49(3,4)5)37-63-46-35-39(36-56)20-28-57-46/h15,18,20,28,35,41,43-45,47,58H,1,13-14,16-17,19,21-27,29-34,37H2,2-12H3/q-1/t41-,43+,44-,45+,47+,51-,52+,53+,54?,55-/m0/s1. The summed E-state index contributed by atoms with van der Waals surface area (Å²) < 4.78 is 37.1. The molecule has 0 spiro atoms. The summed E-state index contributed by atoms with van der Waals surface area (Å²) in [6.07, 6.45) is 19.7. The summed E-state index contributed by atoms with van der Waals surface area (Å²) >= 11 is 0. The maximum Gasteiger partial charge on any atom is 0.272 e. The highest BCUT2D eigenvalue weighted by atomic mass is 32.2. The summed E-state index contributed by atoms with van der Waals surface area (Å²) in [7, 11) is -5.30. The molecule has 10 atom stereocenters. The van der Waals surface area contributed by atoms with Crippen LogP contribution in [0.5, 0.6) is 5.88 Å². The van der Waals surface area contributed by atoms with Gasteiger partial charge in [0, 0.05) is 52.3 Å². The molecule has 1 aromatic rings. The van der Waals surface area contributed by atoms with Gasteiger partial charge in [0.05, 0.1) is 23.1 Å². The normalized spacial score (nSPS) is 38.5. The van der Waals surface area contributed by atoms with Crippen molar-refractivity contribution in [2.24, 2.45) is 56.7 Å². The van der Waals surface area contributed by atoms with Crippen LogP contribution in [0, 0.1) is 68.0 Å². The van der Waals surface area contributed by atoms with Crippen molar-refractivity contribution in [3.8, 4) is 11.9 Å². The Hall–Kier alpha value is -2.78. The zero-order chi connectivity index (χ0) is 47.9. The lowest BCUT2D eigenvalue weighted by atomic mass is 9.33. The number of ether oxygens (including phenoxy) is 1. The van der Waals surface area contributed by atoms with Gasteiger partial charge in [0.1, 0.15) is 12.0 Å². The third kappa shape index (κ3) is 8.33. The second kappa shape index (κ2) is 17.3. The Bertz CT molecular complexity index is 2280. The summed E-state index contributed by atoms with van der Waals surface area (Å²) in [5, 5.41) is 13.6. The highest BCUT2D eigenvalue weighted by Gasteiger charge is 2.70. The van der Waals surface area contributed by atoms with Gasteiger partial charge in [0.25, 0.3) is 5.97 Å². The Morgan fingerprint density at radius 3 is 2.35 bits per heavy atom. The maximum atomic E-state index is 14.5. The molecule has 1 aromatic heterocycles. The van der Waals surface area contributed by atoms with Gasteiger partial charge in [-0.1, -0.05) is 79.7 Å². The molecule has 0 amide bonds. The van der Waals surface area contributed by atoms with E-state index in [0.717, 1.165) is 25.9 Å². The average molecular weight is 941 g/mol. The van der Waals surface area contributed by atoms with E-state index in [1.54, 1.807) is 18.3 Å². The summed E-state index contributed by atoms with van der Waals surface area (Å²) in [5.74, 6) is 3.76. The molecule has 1 N–H and O–H groups in total. The molecule has 1 saturated heterocycles. The van der Waals surface area contributed by atoms with Crippen molar-refractivity contribution in [3.63, 3.8) is 0 Å². The van der Waals surface area contributed by atoms with E-state index in [4.69, 9.17) is 9.16 Å². The van der Waals surface area contributed by atoms with Crippen LogP contribution in [0.3, 0.4) is 0 Å². The van der Waals surface area contributed by atoms with E-state index in [9.17, 15) is 18.5 Å². The molecule has 1 aliphatic heterocycles. The van der Waals surface area contributed by atoms with Crippen molar-refractivity contribution >= 4 is 24.1 Å². The van der Waals surface area contributed by atoms with Crippen LogP contribution in [-0.4, -0.2) is 82.4 Å². The zero-order valence-corrected chi connectivity index (χ0v) is 44.5. The fourth-order valence-corrected chi connectivity index (χ4v) is 18.1. The maximum absolute atomic E-state index is 14.5. The smallest absolute Gasteiger partial charge is 0.272 e. The zero-order valence-electron chi connectivity index (χ0n) is 42.7. The first-order chi connectivity index (χ1) is 30.8. The topological polar surface area (TPSA) is 122 Å². The van der Waals surface area contributed by atoms with E-state index in [-0.39, 0.29) is 56.3 Å². The molecule has 4 saturated carbocycles. The molecule has 8 rings (SSSR count). The van der Waals surface area contributed by atoms with Crippen molar-refractivity contribution in [1.82, 2.24) is 15.2 Å². The average Bonchev–Trinajstić information content (AvgIpc) is 3.63. The third-order valence-corrected chi connectivity index (χ3v) is 26.8. The number of hydrogen-bond acceptors (Lipinski definition) is 9. The number of aromatic nitrogens is 1. The number of sulfone groups is 1. The fraction of sp³-hybridized carbons (Fsp3) is 0.764. The molecular weight excluding hydrogens is 857 g/mol. The third-order valence-electron chi connectivity index (χ3n) is 20.9. The summed E-state index contributed by atoms with van der Waals surface area (Å²) in [5.41, 5.74) is 4.67. The van der Waals surface area contributed by atoms with E-state index in [0.29, 0.717) is 67.0 Å². The minimum atomic E-state index is -2.88. The molecule has 0 radical (unpaired) electrons. The molecule has 9 nitrogen and oxygen atoms in total. The number of carbonyl (C=O) groups excluding carboxylic acids is 1. The Labute approximate surface area is 400 Å². The summed E-state index contributed by atoms with van der Waals surface area (Å²) in [4.78, 5) is 21.2. The van der Waals surface area contributed by atoms with Gasteiger partial charge in [-0.15, -0.1) is 18.1 Å². The van der Waals surface area contributed by atoms with E-state index in [2.05, 4.69) is 115 Å². The molecule has 365 valence electrons. The lowest BCUT2D eigenvalue weighted by Crippen LogP contribution is -2.68. The number of nitrogens with one attached hydrogen (secondary N) is 1. The molecule has 1 unspecified atom stereocenters. The van der Waals surface area contributed by atoms with Crippen LogP contribution >= 0.6 is 0 Å². The first kappa shape index (κ1) is 49.6. The number of nitriles is 1. The van der Waals surface area contributed by atoms with Crippen LogP contribution < -0.4 is 10.1 Å². The van der Waals surface area contributed by atoms with Crippen LogP contribution in [0.15, 0.2) is 53.8 Å². The number of allylic oxidation sites excluding steroid dienone is 5. The highest BCUT2D eigenvalue weighted by Crippen LogP contribution is 2.76. The van der Waals surface area contributed by atoms with Crippen molar-refractivity contribution in [3.05, 3.63) is 59.3 Å². The van der Waals surface area contributed by atoms with Gasteiger partial charge in [-0.25, -0.2) is 13.4 Å². The Morgan fingerprint density at radius 1 is 0.970 bits per heavy atom. The van der Waals surface area contributed by atoms with Gasteiger partial charge in [-0.3, -0.25) is 4.79 Å². The summed E-state index contributed by atoms with van der Waals surface area (Å²) in [6.45, 7) is 34.2. The molecule has 66 heavy (non-hydrogen) atoms. The molecule has 5 fully saturated rings. The predicted molar refractivity (Wildman–Crippen MR) is 268 cm³/mol. The molecule has 2 heterocycles. The lowest BCUT2D eigenvalue weighted by molar-refractivity contribution is -0.221. The Morgan fingerprint density at radius 2 is 1.70 bits per heavy atom. The highest BCUT2D eigenvalue weighted by molar-refractivity contribution is 7.91. The van der Waals surface area contributed by atoms with Crippen molar-refractivity contribution in [1.29, 1.82) is 5.26 Å². The SMILES string of the molecule is C=C(C)[C@@H]1CC[C@]2(NCCN3CCS(=O)(=O)CC3)CC[C@]3(C)[C@H](CC[C@@H]4[C@@]5(C)CC=C(C6=CCC(COc7cc(C#N)ccn7)(C(=O)O[Si-](C)(C)C(C)(C)C)CC6)C(C)(C)[C@@H]5CC[C@]43C)[C@@H]12. The minimum Gasteiger partial charge on any atom is -0.663 e. The first-order valence-electron chi connectivity index (χ1n) is 25.7. The molecule has 11 heteroatoms. The van der Waals surface area contributed by atoms with Gasteiger partial charge in [0.2, 0.25) is 5.88 Å². The first-order valence-corrected chi connectivity index (χ1v) is 30.5. The summed E-state index contributed by atoms with van der Waals surface area (Å²) in [6, 6.07) is 5.49. The molecule has 0 aromatic carbocycles. The number of pyridine rings is 1. The Kier molecular flexibility index (Phi) is 13.0. The Balaban J connectivity index is 1.02. The number of hydrogen-bond donors (Lipinski definition) is 1. The minimum absolute atomic E-state index is 0.0155. The predicted octanol–water partition coefficient (Wildman–Crippen LogP) is 11.2. The lowest BCUT2D eigenvalue weighted by Gasteiger charge is -2.72. The van der Waals surface area contributed by atoms with Crippen LogP contribution in [0.25, 0.3) is 0 Å². The number of rotatable bonds is 11. The molecule has 7 aliphatic rings. The quantitative estimate of drug-likeness (QED) is 0.171. The van der Waals surface area contributed by atoms with Gasteiger partial charge in [-0.2, -0.15) is 5.26 Å². The van der Waals surface area contributed by atoms with Crippen molar-refractivity contribution in [2.75, 3.05) is 44.3 Å². The van der Waals surface area contributed by atoms with Crippen LogP contribution in [0.1, 0.15) is 145 Å². The van der Waals surface area contributed by atoms with Crippen LogP contribution in [0.4, 0.5) is 0 Å². The van der Waals surface area contributed by atoms with E-state index in [1.807, 2.05) is 0 Å². The van der Waals surface area contributed by atoms with Crippen LogP contribution in [0.2, 0.25) is 18.1 Å². The van der Waals surface area contributed by atoms with E-state index < -0.39 is 23.6 Å².